The van der Waals surface area contributed by atoms with Gasteiger partial charge in [0.2, 0.25) is 0 Å². The molecule has 1 aromatic heterocycles. The van der Waals surface area contributed by atoms with Crippen LogP contribution < -0.4 is 4.74 Å². The lowest BCUT2D eigenvalue weighted by atomic mass is 10.0. The normalized spacial score (nSPS) is 15.7. The summed E-state index contributed by atoms with van der Waals surface area (Å²) in [6.07, 6.45) is 5.79. The molecular weight excluding hydrogens is 186 g/mol. The molecule has 1 aromatic rings. The van der Waals surface area contributed by atoms with E-state index in [-0.39, 0.29) is 0 Å². The monoisotopic (exact) mass is 205 g/mol. The summed E-state index contributed by atoms with van der Waals surface area (Å²) in [5, 5.41) is 0. The van der Waals surface area contributed by atoms with Crippen molar-refractivity contribution in [3.8, 4) is 5.75 Å². The molecule has 2 nitrogen and oxygen atoms in total. The molecule has 0 unspecified atom stereocenters. The predicted octanol–water partition coefficient (Wildman–Crippen LogP) is 3.31. The number of aryl methyl sites for hydroxylation is 1. The van der Waals surface area contributed by atoms with Crippen LogP contribution in [-0.2, 0) is 6.42 Å². The smallest absolute Gasteiger partial charge is 0.141 e. The summed E-state index contributed by atoms with van der Waals surface area (Å²) in [6, 6.07) is 2.16. The zero-order chi connectivity index (χ0) is 10.8. The van der Waals surface area contributed by atoms with Crippen LogP contribution in [0.4, 0.5) is 0 Å². The van der Waals surface area contributed by atoms with Crippen molar-refractivity contribution in [1.82, 2.24) is 4.98 Å². The number of rotatable bonds is 4. The third kappa shape index (κ3) is 2.49. The van der Waals surface area contributed by atoms with E-state index >= 15 is 0 Å². The summed E-state index contributed by atoms with van der Waals surface area (Å²) in [4.78, 5) is 4.47. The molecule has 1 saturated carbocycles. The van der Waals surface area contributed by atoms with Crippen molar-refractivity contribution in [2.75, 3.05) is 0 Å². The topological polar surface area (TPSA) is 22.1 Å². The molecule has 0 saturated heterocycles. The van der Waals surface area contributed by atoms with Crippen molar-refractivity contribution in [3.05, 3.63) is 23.5 Å². The van der Waals surface area contributed by atoms with E-state index in [4.69, 9.17) is 4.74 Å². The van der Waals surface area contributed by atoms with Crippen molar-refractivity contribution in [2.45, 2.75) is 52.1 Å². The Balaban J connectivity index is 2.24. The summed E-state index contributed by atoms with van der Waals surface area (Å²) in [6.45, 7) is 6.49. The third-order valence-electron chi connectivity index (χ3n) is 2.77. The Morgan fingerprint density at radius 2 is 2.20 bits per heavy atom. The molecule has 1 aliphatic carbocycles. The van der Waals surface area contributed by atoms with Gasteiger partial charge < -0.3 is 4.74 Å². The number of pyridine rings is 1. The molecule has 0 radical (unpaired) electrons. The van der Waals surface area contributed by atoms with E-state index in [1.807, 2.05) is 6.20 Å². The maximum absolute atomic E-state index is 5.88. The standard InChI is InChI=1S/C13H19NO/c1-4-12-13(15-11-5-6-11)7-10(8-14-12)9(2)3/h7-9,11H,4-6H2,1-3H3. The second kappa shape index (κ2) is 4.21. The highest BCUT2D eigenvalue weighted by molar-refractivity contribution is 5.33. The minimum Gasteiger partial charge on any atom is -0.489 e. The average Bonchev–Trinajstić information content (AvgIpc) is 3.01. The Hall–Kier alpha value is -1.05. The van der Waals surface area contributed by atoms with E-state index in [1.54, 1.807) is 0 Å². The second-order valence-electron chi connectivity index (χ2n) is 4.54. The lowest BCUT2D eigenvalue weighted by Gasteiger charge is -2.12. The van der Waals surface area contributed by atoms with Gasteiger partial charge in [-0.25, -0.2) is 0 Å². The quantitative estimate of drug-likeness (QED) is 0.752. The fourth-order valence-corrected chi connectivity index (χ4v) is 1.54. The highest BCUT2D eigenvalue weighted by atomic mass is 16.5. The van der Waals surface area contributed by atoms with Gasteiger partial charge in [-0.05, 0) is 36.8 Å². The van der Waals surface area contributed by atoms with Crippen LogP contribution in [0.5, 0.6) is 5.75 Å². The number of nitrogens with zero attached hydrogens (tertiary/aromatic N) is 1. The molecule has 1 aliphatic rings. The molecule has 0 atom stereocenters. The fraction of sp³-hybridized carbons (Fsp3) is 0.615. The highest BCUT2D eigenvalue weighted by Gasteiger charge is 2.24. The van der Waals surface area contributed by atoms with Gasteiger partial charge in [-0.3, -0.25) is 4.98 Å². The van der Waals surface area contributed by atoms with Gasteiger partial charge in [-0.2, -0.15) is 0 Å². The minimum absolute atomic E-state index is 0.458. The largest absolute Gasteiger partial charge is 0.489 e. The summed E-state index contributed by atoms with van der Waals surface area (Å²) in [7, 11) is 0. The molecule has 2 heteroatoms. The van der Waals surface area contributed by atoms with Gasteiger partial charge in [-0.15, -0.1) is 0 Å². The second-order valence-corrected chi connectivity index (χ2v) is 4.54. The fourth-order valence-electron chi connectivity index (χ4n) is 1.54. The van der Waals surface area contributed by atoms with E-state index in [1.165, 1.54) is 18.4 Å². The maximum atomic E-state index is 5.88. The van der Waals surface area contributed by atoms with E-state index in [0.29, 0.717) is 12.0 Å². The van der Waals surface area contributed by atoms with Gasteiger partial charge in [0.15, 0.2) is 0 Å². The van der Waals surface area contributed by atoms with Crippen LogP contribution in [0.15, 0.2) is 12.3 Å². The first-order valence-corrected chi connectivity index (χ1v) is 5.86. The van der Waals surface area contributed by atoms with Crippen LogP contribution in [0.2, 0.25) is 0 Å². The molecule has 0 bridgehead atoms. The van der Waals surface area contributed by atoms with Crippen LogP contribution in [0.1, 0.15) is 50.8 Å². The van der Waals surface area contributed by atoms with Gasteiger partial charge in [-0.1, -0.05) is 20.8 Å². The van der Waals surface area contributed by atoms with E-state index < -0.39 is 0 Å². The molecule has 0 spiro atoms. The molecular formula is C13H19NO. The van der Waals surface area contributed by atoms with E-state index in [9.17, 15) is 0 Å². The number of aromatic nitrogens is 1. The minimum atomic E-state index is 0.458. The van der Waals surface area contributed by atoms with Crippen molar-refractivity contribution in [2.24, 2.45) is 0 Å². The molecule has 0 aliphatic heterocycles. The first-order valence-electron chi connectivity index (χ1n) is 5.86. The Kier molecular flexibility index (Phi) is 2.94. The summed E-state index contributed by atoms with van der Waals surface area (Å²) in [5.74, 6) is 1.52. The Labute approximate surface area is 91.7 Å². The van der Waals surface area contributed by atoms with Crippen LogP contribution in [-0.4, -0.2) is 11.1 Å². The first kappa shape index (κ1) is 10.5. The molecule has 2 rings (SSSR count). The third-order valence-corrected chi connectivity index (χ3v) is 2.77. The van der Waals surface area contributed by atoms with Crippen molar-refractivity contribution < 1.29 is 4.74 Å². The van der Waals surface area contributed by atoms with Gasteiger partial charge >= 0.3 is 0 Å². The summed E-state index contributed by atoms with van der Waals surface area (Å²) >= 11 is 0. The molecule has 15 heavy (non-hydrogen) atoms. The van der Waals surface area contributed by atoms with Gasteiger partial charge in [0.05, 0.1) is 11.8 Å². The molecule has 1 fully saturated rings. The summed E-state index contributed by atoms with van der Waals surface area (Å²) < 4.78 is 5.88. The SMILES string of the molecule is CCc1ncc(C(C)C)cc1OC1CC1. The zero-order valence-corrected chi connectivity index (χ0v) is 9.79. The van der Waals surface area contributed by atoms with Crippen LogP contribution >= 0.6 is 0 Å². The zero-order valence-electron chi connectivity index (χ0n) is 9.79. The Bertz CT molecular complexity index is 342. The number of hydrogen-bond acceptors (Lipinski definition) is 2. The maximum Gasteiger partial charge on any atom is 0.141 e. The predicted molar refractivity (Wildman–Crippen MR) is 61.4 cm³/mol. The van der Waals surface area contributed by atoms with Crippen LogP contribution in [0.3, 0.4) is 0 Å². The molecule has 1 heterocycles. The average molecular weight is 205 g/mol. The highest BCUT2D eigenvalue weighted by Crippen LogP contribution is 2.30. The van der Waals surface area contributed by atoms with Gasteiger partial charge in [0.1, 0.15) is 5.75 Å². The molecule has 0 amide bonds. The van der Waals surface area contributed by atoms with E-state index in [2.05, 4.69) is 31.8 Å². The Morgan fingerprint density at radius 1 is 1.47 bits per heavy atom. The summed E-state index contributed by atoms with van der Waals surface area (Å²) in [5.41, 5.74) is 2.36. The Morgan fingerprint density at radius 3 is 2.73 bits per heavy atom. The molecule has 0 N–H and O–H groups in total. The van der Waals surface area contributed by atoms with Gasteiger partial charge in [0.25, 0.3) is 0 Å². The van der Waals surface area contributed by atoms with Crippen molar-refractivity contribution in [1.29, 1.82) is 0 Å². The first-order chi connectivity index (χ1) is 7.20. The van der Waals surface area contributed by atoms with E-state index in [0.717, 1.165) is 17.9 Å². The van der Waals surface area contributed by atoms with Crippen molar-refractivity contribution in [3.63, 3.8) is 0 Å². The molecule has 82 valence electrons. The molecule has 0 aromatic carbocycles. The van der Waals surface area contributed by atoms with Crippen molar-refractivity contribution >= 4 is 0 Å². The number of ether oxygens (including phenoxy) is 1. The van der Waals surface area contributed by atoms with Gasteiger partial charge in [0, 0.05) is 6.20 Å². The lowest BCUT2D eigenvalue weighted by molar-refractivity contribution is 0.298. The number of hydrogen-bond donors (Lipinski definition) is 0. The van der Waals surface area contributed by atoms with Crippen LogP contribution in [0, 0.1) is 0 Å². The van der Waals surface area contributed by atoms with Crippen LogP contribution in [0.25, 0.3) is 0 Å². The lowest BCUT2D eigenvalue weighted by Crippen LogP contribution is -2.03.